The number of carbonyl (C=O) groups is 1. The molecule has 0 unspecified atom stereocenters. The number of benzene rings is 2. The summed E-state index contributed by atoms with van der Waals surface area (Å²) in [5.41, 5.74) is 3.42. The minimum atomic E-state index is -0.707. The molecule has 0 N–H and O–H groups in total. The lowest BCUT2D eigenvalue weighted by atomic mass is 10.1. The van der Waals surface area contributed by atoms with Crippen molar-refractivity contribution in [2.75, 3.05) is 0 Å². The third kappa shape index (κ3) is 5.73. The molecule has 0 aromatic heterocycles. The van der Waals surface area contributed by atoms with Crippen LogP contribution >= 0.6 is 0 Å². The Morgan fingerprint density at radius 2 is 1.62 bits per heavy atom. The summed E-state index contributed by atoms with van der Waals surface area (Å²) in [4.78, 5) is 11.9. The van der Waals surface area contributed by atoms with Gasteiger partial charge in [-0.2, -0.15) is 0 Å². The molecule has 0 saturated carbocycles. The predicted octanol–water partition coefficient (Wildman–Crippen LogP) is 6.00. The van der Waals surface area contributed by atoms with Crippen molar-refractivity contribution in [1.82, 2.24) is 0 Å². The second-order valence-corrected chi connectivity index (χ2v) is 6.16. The molecule has 0 heterocycles. The summed E-state index contributed by atoms with van der Waals surface area (Å²) in [6.45, 7) is 6.20. The van der Waals surface area contributed by atoms with Gasteiger partial charge in [0.15, 0.2) is 0 Å². The summed E-state index contributed by atoms with van der Waals surface area (Å²) in [6.07, 6.45) is 5.18. The summed E-state index contributed by atoms with van der Waals surface area (Å²) in [6, 6.07) is 13.2. The zero-order valence-electron chi connectivity index (χ0n) is 14.8. The van der Waals surface area contributed by atoms with Crippen molar-refractivity contribution in [3.8, 4) is 11.5 Å². The van der Waals surface area contributed by atoms with E-state index >= 15 is 0 Å². The van der Waals surface area contributed by atoms with Gasteiger partial charge in [0.25, 0.3) is 0 Å². The number of hydrogen-bond donors (Lipinski definition) is 0. The monoisotopic (exact) mass is 326 g/mol. The maximum absolute atomic E-state index is 11.9. The molecule has 0 aliphatic heterocycles. The van der Waals surface area contributed by atoms with Crippen LogP contribution in [0, 0.1) is 13.8 Å². The normalized spacial score (nSPS) is 10.5. The average molecular weight is 326 g/mol. The van der Waals surface area contributed by atoms with Gasteiger partial charge < -0.3 is 9.47 Å². The molecule has 24 heavy (non-hydrogen) atoms. The molecule has 0 aliphatic carbocycles. The Kier molecular flexibility index (Phi) is 6.86. The Balaban J connectivity index is 1.90. The van der Waals surface area contributed by atoms with E-state index in [0.717, 1.165) is 24.0 Å². The number of rotatable bonds is 7. The number of carbonyl (C=O) groups excluding carboxylic acids is 1. The second-order valence-electron chi connectivity index (χ2n) is 6.16. The first kappa shape index (κ1) is 18.1. The third-order valence-corrected chi connectivity index (χ3v) is 4.10. The van der Waals surface area contributed by atoms with Crippen LogP contribution in [0.1, 0.15) is 49.3 Å². The minimum Gasteiger partial charge on any atom is -0.395 e. The van der Waals surface area contributed by atoms with Gasteiger partial charge in [0.2, 0.25) is 0 Å². The van der Waals surface area contributed by atoms with Gasteiger partial charge in [0.1, 0.15) is 11.5 Å². The van der Waals surface area contributed by atoms with E-state index in [2.05, 4.69) is 13.0 Å². The van der Waals surface area contributed by atoms with E-state index < -0.39 is 6.16 Å². The van der Waals surface area contributed by atoms with Crippen molar-refractivity contribution in [2.24, 2.45) is 0 Å². The average Bonchev–Trinajstić information content (AvgIpc) is 2.55. The van der Waals surface area contributed by atoms with Crippen molar-refractivity contribution in [3.63, 3.8) is 0 Å². The molecule has 2 aromatic carbocycles. The first-order valence-electron chi connectivity index (χ1n) is 8.64. The molecule has 0 radical (unpaired) electrons. The lowest BCUT2D eigenvalue weighted by molar-refractivity contribution is 0.152. The Morgan fingerprint density at radius 1 is 0.875 bits per heavy atom. The van der Waals surface area contributed by atoms with Crippen LogP contribution in [-0.4, -0.2) is 6.16 Å². The summed E-state index contributed by atoms with van der Waals surface area (Å²) in [5, 5.41) is 0. The SMILES string of the molecule is CCCCCCc1cccc(OC(=O)Oc2ccc(C)c(C)c2)c1. The standard InChI is InChI=1S/C21H26O3/c1-4-5-6-7-9-18-10-8-11-19(15-18)23-21(22)24-20-13-12-16(2)17(3)14-20/h8,10-15H,4-7,9H2,1-3H3. The predicted molar refractivity (Wildman–Crippen MR) is 96.9 cm³/mol. The zero-order chi connectivity index (χ0) is 17.4. The smallest absolute Gasteiger partial charge is 0.395 e. The molecule has 3 nitrogen and oxygen atoms in total. The highest BCUT2D eigenvalue weighted by Crippen LogP contribution is 2.19. The highest BCUT2D eigenvalue weighted by atomic mass is 16.7. The zero-order valence-corrected chi connectivity index (χ0v) is 14.8. The van der Waals surface area contributed by atoms with Gasteiger partial charge in [-0.15, -0.1) is 0 Å². The Labute approximate surface area is 144 Å². The van der Waals surface area contributed by atoms with E-state index in [1.165, 1.54) is 24.8 Å². The summed E-state index contributed by atoms with van der Waals surface area (Å²) in [5.74, 6) is 1.02. The third-order valence-electron chi connectivity index (χ3n) is 4.10. The van der Waals surface area contributed by atoms with Crippen molar-refractivity contribution in [3.05, 3.63) is 59.2 Å². The first-order valence-corrected chi connectivity index (χ1v) is 8.64. The van der Waals surface area contributed by atoms with Gasteiger partial charge in [-0.25, -0.2) is 4.79 Å². The molecule has 0 saturated heterocycles. The van der Waals surface area contributed by atoms with E-state index in [0.29, 0.717) is 11.5 Å². The van der Waals surface area contributed by atoms with Crippen LogP contribution in [0.2, 0.25) is 0 Å². The summed E-state index contributed by atoms with van der Waals surface area (Å²) < 4.78 is 10.5. The summed E-state index contributed by atoms with van der Waals surface area (Å²) >= 11 is 0. The Hall–Kier alpha value is -2.29. The molecule has 128 valence electrons. The van der Waals surface area contributed by atoms with Crippen LogP contribution in [0.15, 0.2) is 42.5 Å². The van der Waals surface area contributed by atoms with Gasteiger partial charge in [0, 0.05) is 0 Å². The van der Waals surface area contributed by atoms with E-state index in [1.807, 2.05) is 38.1 Å². The van der Waals surface area contributed by atoms with Crippen LogP contribution in [0.25, 0.3) is 0 Å². The molecule has 2 rings (SSSR count). The number of unbranched alkanes of at least 4 members (excludes halogenated alkanes) is 3. The minimum absolute atomic E-state index is 0.499. The molecule has 0 bridgehead atoms. The number of hydrogen-bond acceptors (Lipinski definition) is 3. The van der Waals surface area contributed by atoms with E-state index in [-0.39, 0.29) is 0 Å². The molecule has 2 aromatic rings. The molecule has 0 amide bonds. The maximum Gasteiger partial charge on any atom is 0.519 e. The van der Waals surface area contributed by atoms with Crippen LogP contribution in [-0.2, 0) is 6.42 Å². The highest BCUT2D eigenvalue weighted by Gasteiger charge is 2.09. The van der Waals surface area contributed by atoms with Gasteiger partial charge in [-0.1, -0.05) is 44.4 Å². The van der Waals surface area contributed by atoms with Crippen molar-refractivity contribution in [1.29, 1.82) is 0 Å². The van der Waals surface area contributed by atoms with Gasteiger partial charge in [-0.3, -0.25) is 0 Å². The van der Waals surface area contributed by atoms with Crippen LogP contribution < -0.4 is 9.47 Å². The second kappa shape index (κ2) is 9.11. The molecular formula is C21H26O3. The largest absolute Gasteiger partial charge is 0.519 e. The fourth-order valence-corrected chi connectivity index (χ4v) is 2.51. The fraction of sp³-hybridized carbons (Fsp3) is 0.381. The molecular weight excluding hydrogens is 300 g/mol. The summed E-state index contributed by atoms with van der Waals surface area (Å²) in [7, 11) is 0. The topological polar surface area (TPSA) is 35.5 Å². The van der Waals surface area contributed by atoms with Crippen LogP contribution in [0.5, 0.6) is 11.5 Å². The fourth-order valence-electron chi connectivity index (χ4n) is 2.51. The highest BCUT2D eigenvalue weighted by molar-refractivity contribution is 5.67. The molecule has 0 fully saturated rings. The quantitative estimate of drug-likeness (QED) is 0.355. The molecule has 3 heteroatoms. The molecule has 0 spiro atoms. The Bertz CT molecular complexity index is 677. The van der Waals surface area contributed by atoms with E-state index in [4.69, 9.17) is 9.47 Å². The molecule has 0 aliphatic rings. The van der Waals surface area contributed by atoms with Crippen LogP contribution in [0.3, 0.4) is 0 Å². The Morgan fingerprint density at radius 3 is 2.33 bits per heavy atom. The number of aryl methyl sites for hydroxylation is 3. The molecule has 0 atom stereocenters. The lowest BCUT2D eigenvalue weighted by Crippen LogP contribution is -2.14. The van der Waals surface area contributed by atoms with Crippen LogP contribution in [0.4, 0.5) is 4.79 Å². The van der Waals surface area contributed by atoms with Crippen molar-refractivity contribution >= 4 is 6.16 Å². The van der Waals surface area contributed by atoms with Gasteiger partial charge in [0.05, 0.1) is 0 Å². The van der Waals surface area contributed by atoms with Gasteiger partial charge in [-0.05, 0) is 67.6 Å². The van der Waals surface area contributed by atoms with E-state index in [9.17, 15) is 4.79 Å². The number of ether oxygens (including phenoxy) is 2. The van der Waals surface area contributed by atoms with Crippen molar-refractivity contribution in [2.45, 2.75) is 52.9 Å². The van der Waals surface area contributed by atoms with Gasteiger partial charge >= 0.3 is 6.16 Å². The van der Waals surface area contributed by atoms with E-state index in [1.54, 1.807) is 12.1 Å². The first-order chi connectivity index (χ1) is 11.6. The van der Waals surface area contributed by atoms with Crippen molar-refractivity contribution < 1.29 is 14.3 Å². The maximum atomic E-state index is 11.9. The lowest BCUT2D eigenvalue weighted by Gasteiger charge is -2.08.